The number of likely N-dealkylation sites (tertiary alicyclic amines) is 1. The van der Waals surface area contributed by atoms with Crippen LogP contribution in [0.2, 0.25) is 0 Å². The Kier molecular flexibility index (Phi) is 5.76. The fraction of sp³-hybridized carbons (Fsp3) is 0.286. The molecule has 0 radical (unpaired) electrons. The van der Waals surface area contributed by atoms with Gasteiger partial charge in [-0.05, 0) is 54.3 Å². The Morgan fingerprint density at radius 1 is 1.06 bits per heavy atom. The summed E-state index contributed by atoms with van der Waals surface area (Å²) in [5.74, 6) is -0.942. The number of fused-ring (bicyclic) bond motifs is 1. The van der Waals surface area contributed by atoms with Crippen molar-refractivity contribution in [2.45, 2.75) is 25.7 Å². The van der Waals surface area contributed by atoms with E-state index in [1.165, 1.54) is 11.3 Å². The summed E-state index contributed by atoms with van der Waals surface area (Å²) in [6.07, 6.45) is 1.48. The largest absolute Gasteiger partial charge is 0.339 e. The number of aromatic amines is 1. The number of carbonyl (C=O) groups excluding carboxylic acids is 3. The van der Waals surface area contributed by atoms with Gasteiger partial charge in [0.1, 0.15) is 16.7 Å². The minimum Gasteiger partial charge on any atom is -0.339 e. The van der Waals surface area contributed by atoms with Gasteiger partial charge in [-0.25, -0.2) is 9.61 Å². The average molecular weight is 481 g/mol. The van der Waals surface area contributed by atoms with Crippen LogP contribution in [-0.2, 0) is 0 Å². The van der Waals surface area contributed by atoms with E-state index in [9.17, 15) is 14.4 Å². The molecule has 0 bridgehead atoms. The molecule has 3 N–H and O–H groups in total. The number of hydrazine groups is 1. The van der Waals surface area contributed by atoms with Crippen LogP contribution < -0.4 is 10.9 Å². The van der Waals surface area contributed by atoms with E-state index in [0.717, 1.165) is 23.5 Å². The third-order valence-corrected chi connectivity index (χ3v) is 6.62. The lowest BCUT2D eigenvalue weighted by Gasteiger charge is -2.31. The number of nitrogens with zero attached hydrogens (tertiary/aromatic N) is 5. The Bertz CT molecular complexity index is 1370. The molecule has 174 valence electrons. The van der Waals surface area contributed by atoms with Crippen molar-refractivity contribution in [1.82, 2.24) is 41.2 Å². The standard InChI is InChI=1S/C21H20N8O4S/c1-11-8-16(24-23-11)18(30)25-26-19(31)17-10-34-20(22-17)12-4-6-29(7-5-12)21(32)13-2-3-14-15(9-13)28-33-27-14/h2-3,8-10,12H,4-7H2,1H3,(H,23,24)(H,25,30)(H,26,31). The minimum absolute atomic E-state index is 0.0644. The van der Waals surface area contributed by atoms with Gasteiger partial charge in [-0.1, -0.05) is 0 Å². The van der Waals surface area contributed by atoms with E-state index in [-0.39, 0.29) is 23.2 Å². The summed E-state index contributed by atoms with van der Waals surface area (Å²) in [6.45, 7) is 2.94. The van der Waals surface area contributed by atoms with Gasteiger partial charge in [-0.2, -0.15) is 5.10 Å². The zero-order valence-corrected chi connectivity index (χ0v) is 18.9. The van der Waals surface area contributed by atoms with Crippen molar-refractivity contribution in [1.29, 1.82) is 0 Å². The molecule has 12 nitrogen and oxygen atoms in total. The number of amides is 3. The van der Waals surface area contributed by atoms with Gasteiger partial charge < -0.3 is 4.90 Å². The number of aromatic nitrogens is 5. The average Bonchev–Trinajstić information content (AvgIpc) is 3.62. The summed E-state index contributed by atoms with van der Waals surface area (Å²) in [6, 6.07) is 6.69. The minimum atomic E-state index is -0.524. The van der Waals surface area contributed by atoms with Crippen LogP contribution >= 0.6 is 11.3 Å². The molecule has 3 aromatic heterocycles. The van der Waals surface area contributed by atoms with Gasteiger partial charge in [0.2, 0.25) is 0 Å². The molecule has 0 saturated carbocycles. The summed E-state index contributed by atoms with van der Waals surface area (Å²) in [5, 5.41) is 16.5. The summed E-state index contributed by atoms with van der Waals surface area (Å²) in [4.78, 5) is 43.5. The third kappa shape index (κ3) is 4.37. The Hall–Kier alpha value is -4.13. The predicted octanol–water partition coefficient (Wildman–Crippen LogP) is 1.81. The first-order valence-corrected chi connectivity index (χ1v) is 11.5. The summed E-state index contributed by atoms with van der Waals surface area (Å²) < 4.78 is 4.69. The molecule has 1 saturated heterocycles. The highest BCUT2D eigenvalue weighted by atomic mass is 32.1. The molecule has 5 rings (SSSR count). The second-order valence-electron chi connectivity index (χ2n) is 7.95. The number of rotatable bonds is 4. The highest BCUT2D eigenvalue weighted by Gasteiger charge is 2.27. The first kappa shape index (κ1) is 21.7. The van der Waals surface area contributed by atoms with Crippen LogP contribution in [0.4, 0.5) is 0 Å². The van der Waals surface area contributed by atoms with Gasteiger partial charge in [-0.15, -0.1) is 11.3 Å². The monoisotopic (exact) mass is 480 g/mol. The Morgan fingerprint density at radius 2 is 1.79 bits per heavy atom. The highest BCUT2D eigenvalue weighted by Crippen LogP contribution is 2.31. The van der Waals surface area contributed by atoms with Crippen LogP contribution in [0, 0.1) is 6.92 Å². The molecule has 0 aliphatic carbocycles. The van der Waals surface area contributed by atoms with Crippen molar-refractivity contribution >= 4 is 40.1 Å². The summed E-state index contributed by atoms with van der Waals surface area (Å²) in [5.41, 5.74) is 7.52. The number of hydrogen-bond acceptors (Lipinski definition) is 9. The number of carbonyl (C=O) groups is 3. The first-order valence-electron chi connectivity index (χ1n) is 10.6. The van der Waals surface area contributed by atoms with Crippen molar-refractivity contribution in [3.05, 3.63) is 57.3 Å². The van der Waals surface area contributed by atoms with Crippen molar-refractivity contribution in [2.24, 2.45) is 0 Å². The van der Waals surface area contributed by atoms with Crippen molar-refractivity contribution in [3.8, 4) is 0 Å². The van der Waals surface area contributed by atoms with Gasteiger partial charge in [0, 0.05) is 35.6 Å². The maximum atomic E-state index is 12.9. The van der Waals surface area contributed by atoms with Gasteiger partial charge in [0.05, 0.1) is 5.01 Å². The molecule has 13 heteroatoms. The van der Waals surface area contributed by atoms with Crippen molar-refractivity contribution in [3.63, 3.8) is 0 Å². The molecule has 34 heavy (non-hydrogen) atoms. The second-order valence-corrected chi connectivity index (χ2v) is 8.84. The van der Waals surface area contributed by atoms with Gasteiger partial charge in [0.25, 0.3) is 17.7 Å². The zero-order chi connectivity index (χ0) is 23.7. The van der Waals surface area contributed by atoms with Crippen LogP contribution in [0.15, 0.2) is 34.3 Å². The van der Waals surface area contributed by atoms with Crippen molar-refractivity contribution < 1.29 is 19.0 Å². The molecule has 1 aliphatic rings. The molecule has 0 unspecified atom stereocenters. The van der Waals surface area contributed by atoms with Crippen LogP contribution in [0.3, 0.4) is 0 Å². The number of benzene rings is 1. The van der Waals surface area contributed by atoms with E-state index in [4.69, 9.17) is 4.63 Å². The Labute approximate surface area is 196 Å². The third-order valence-electron chi connectivity index (χ3n) is 5.61. The topological polar surface area (TPSA) is 159 Å². The van der Waals surface area contributed by atoms with E-state index in [2.05, 4.69) is 36.3 Å². The number of piperidine rings is 1. The fourth-order valence-corrected chi connectivity index (χ4v) is 4.75. The molecule has 3 amide bonds. The number of nitrogens with one attached hydrogen (secondary N) is 3. The van der Waals surface area contributed by atoms with E-state index in [1.54, 1.807) is 41.5 Å². The number of aryl methyl sites for hydroxylation is 1. The van der Waals surface area contributed by atoms with Gasteiger partial charge >= 0.3 is 0 Å². The fourth-order valence-electron chi connectivity index (χ4n) is 3.78. The molecule has 4 heterocycles. The first-order chi connectivity index (χ1) is 16.5. The van der Waals surface area contributed by atoms with Crippen LogP contribution in [-0.4, -0.2) is 61.2 Å². The van der Waals surface area contributed by atoms with Gasteiger partial charge in [0.15, 0.2) is 5.69 Å². The Balaban J connectivity index is 1.15. The molecular weight excluding hydrogens is 460 g/mol. The Morgan fingerprint density at radius 3 is 2.53 bits per heavy atom. The lowest BCUT2D eigenvalue weighted by atomic mass is 9.97. The molecule has 1 fully saturated rings. The van der Waals surface area contributed by atoms with E-state index < -0.39 is 11.8 Å². The summed E-state index contributed by atoms with van der Waals surface area (Å²) >= 11 is 1.40. The smallest absolute Gasteiger partial charge is 0.290 e. The van der Waals surface area contributed by atoms with Crippen molar-refractivity contribution in [2.75, 3.05) is 13.1 Å². The molecule has 0 atom stereocenters. The van der Waals surface area contributed by atoms with E-state index >= 15 is 0 Å². The van der Waals surface area contributed by atoms with E-state index in [1.807, 2.05) is 0 Å². The number of H-pyrrole nitrogens is 1. The van der Waals surface area contributed by atoms with Gasteiger partial charge in [-0.3, -0.25) is 30.3 Å². The normalized spacial score (nSPS) is 14.3. The SMILES string of the molecule is Cc1cc(C(=O)NNC(=O)c2csc(C3CCN(C(=O)c4ccc5nonc5c4)CC3)n2)n[nH]1. The molecule has 0 spiro atoms. The molecule has 4 aromatic rings. The van der Waals surface area contributed by atoms with E-state index in [0.29, 0.717) is 29.7 Å². The number of thiazole rings is 1. The lowest BCUT2D eigenvalue weighted by Crippen LogP contribution is -2.42. The zero-order valence-electron chi connectivity index (χ0n) is 18.1. The predicted molar refractivity (Wildman–Crippen MR) is 120 cm³/mol. The lowest BCUT2D eigenvalue weighted by molar-refractivity contribution is 0.0713. The maximum Gasteiger partial charge on any atom is 0.290 e. The van der Waals surface area contributed by atoms with Crippen LogP contribution in [0.25, 0.3) is 11.0 Å². The maximum absolute atomic E-state index is 12.9. The van der Waals surface area contributed by atoms with Crippen LogP contribution in [0.1, 0.15) is 60.8 Å². The molecular formula is C21H20N8O4S. The highest BCUT2D eigenvalue weighted by molar-refractivity contribution is 7.09. The molecule has 1 aliphatic heterocycles. The molecule has 1 aromatic carbocycles. The second kappa shape index (κ2) is 9.02. The quantitative estimate of drug-likeness (QED) is 0.373. The number of hydrogen-bond donors (Lipinski definition) is 3. The summed E-state index contributed by atoms with van der Waals surface area (Å²) in [7, 11) is 0. The van der Waals surface area contributed by atoms with Crippen LogP contribution in [0.5, 0.6) is 0 Å².